The summed E-state index contributed by atoms with van der Waals surface area (Å²) in [6.45, 7) is 1.75. The van der Waals surface area contributed by atoms with E-state index in [1.165, 1.54) is 11.8 Å². The second-order valence-corrected chi connectivity index (χ2v) is 6.00. The zero-order valence-corrected chi connectivity index (χ0v) is 13.6. The van der Waals surface area contributed by atoms with Gasteiger partial charge in [-0.15, -0.1) is 0 Å². The summed E-state index contributed by atoms with van der Waals surface area (Å²) in [6, 6.07) is 5.41. The highest BCUT2D eigenvalue weighted by molar-refractivity contribution is 5.80. The van der Waals surface area contributed by atoms with Crippen LogP contribution >= 0.6 is 0 Å². The molecule has 0 saturated carbocycles. The number of hydrogen-bond donors (Lipinski definition) is 1. The van der Waals surface area contributed by atoms with E-state index in [1.807, 2.05) is 28.9 Å². The largest absolute Gasteiger partial charge is 0.361 e. The maximum atomic E-state index is 12.3. The van der Waals surface area contributed by atoms with Gasteiger partial charge in [0.1, 0.15) is 11.9 Å². The molecule has 3 rings (SSSR count). The molecule has 1 aliphatic heterocycles. The van der Waals surface area contributed by atoms with Crippen LogP contribution in [0.25, 0.3) is 0 Å². The molecule has 0 aliphatic carbocycles. The minimum Gasteiger partial charge on any atom is -0.361 e. The van der Waals surface area contributed by atoms with Gasteiger partial charge < -0.3 is 10.2 Å². The SMILES string of the molecule is Cn1cc(C2CCN(C(=O)CNc3ccc(C#N)cn3)CC2)cn1. The molecule has 2 aromatic heterocycles. The van der Waals surface area contributed by atoms with Gasteiger partial charge in [0.15, 0.2) is 0 Å². The van der Waals surface area contributed by atoms with Crippen LogP contribution in [0.2, 0.25) is 0 Å². The molecule has 7 heteroatoms. The fraction of sp³-hybridized carbons (Fsp3) is 0.412. The number of carbonyl (C=O) groups excluding carboxylic acids is 1. The average molecular weight is 324 g/mol. The summed E-state index contributed by atoms with van der Waals surface area (Å²) in [7, 11) is 1.92. The molecule has 1 N–H and O–H groups in total. The lowest BCUT2D eigenvalue weighted by Crippen LogP contribution is -2.40. The van der Waals surface area contributed by atoms with Crippen LogP contribution in [0.3, 0.4) is 0 Å². The van der Waals surface area contributed by atoms with Crippen molar-refractivity contribution in [1.29, 1.82) is 5.26 Å². The molecule has 24 heavy (non-hydrogen) atoms. The highest BCUT2D eigenvalue weighted by Crippen LogP contribution is 2.27. The Morgan fingerprint density at radius 2 is 2.17 bits per heavy atom. The molecular formula is C17H20N6O. The molecular weight excluding hydrogens is 304 g/mol. The second kappa shape index (κ2) is 7.13. The van der Waals surface area contributed by atoms with Gasteiger partial charge in [0, 0.05) is 32.5 Å². The van der Waals surface area contributed by atoms with E-state index >= 15 is 0 Å². The number of nitrogens with one attached hydrogen (secondary N) is 1. The first-order chi connectivity index (χ1) is 11.7. The predicted molar refractivity (Wildman–Crippen MR) is 89.2 cm³/mol. The van der Waals surface area contributed by atoms with E-state index in [-0.39, 0.29) is 12.5 Å². The third-order valence-corrected chi connectivity index (χ3v) is 4.36. The molecule has 0 unspecified atom stereocenters. The fourth-order valence-electron chi connectivity index (χ4n) is 2.96. The molecule has 0 bridgehead atoms. The van der Waals surface area contributed by atoms with Crippen LogP contribution < -0.4 is 5.32 Å². The van der Waals surface area contributed by atoms with Crippen LogP contribution in [0, 0.1) is 11.3 Å². The quantitative estimate of drug-likeness (QED) is 0.921. The first kappa shape index (κ1) is 16.0. The maximum Gasteiger partial charge on any atom is 0.241 e. The summed E-state index contributed by atoms with van der Waals surface area (Å²) >= 11 is 0. The lowest BCUT2D eigenvalue weighted by atomic mass is 9.91. The first-order valence-corrected chi connectivity index (χ1v) is 8.02. The third kappa shape index (κ3) is 3.71. The highest BCUT2D eigenvalue weighted by atomic mass is 16.2. The molecule has 0 atom stereocenters. The van der Waals surface area contributed by atoms with Crippen molar-refractivity contribution < 1.29 is 4.79 Å². The van der Waals surface area contributed by atoms with Gasteiger partial charge >= 0.3 is 0 Å². The van der Waals surface area contributed by atoms with Crippen LogP contribution in [0.4, 0.5) is 5.82 Å². The van der Waals surface area contributed by atoms with Gasteiger partial charge in [-0.05, 0) is 36.5 Å². The van der Waals surface area contributed by atoms with Crippen molar-refractivity contribution >= 4 is 11.7 Å². The Bertz CT molecular complexity index is 737. The van der Waals surface area contributed by atoms with Gasteiger partial charge in [-0.25, -0.2) is 4.98 Å². The van der Waals surface area contributed by atoms with Crippen LogP contribution in [0.5, 0.6) is 0 Å². The van der Waals surface area contributed by atoms with Crippen molar-refractivity contribution in [1.82, 2.24) is 19.7 Å². The number of rotatable bonds is 4. The number of amides is 1. The molecule has 1 saturated heterocycles. The minimum atomic E-state index is 0.0748. The molecule has 124 valence electrons. The van der Waals surface area contributed by atoms with Crippen molar-refractivity contribution in [2.75, 3.05) is 25.0 Å². The zero-order chi connectivity index (χ0) is 16.9. The van der Waals surface area contributed by atoms with Crippen molar-refractivity contribution in [3.8, 4) is 6.07 Å². The van der Waals surface area contributed by atoms with E-state index in [2.05, 4.69) is 21.6 Å². The van der Waals surface area contributed by atoms with Gasteiger partial charge in [-0.2, -0.15) is 10.4 Å². The molecule has 0 aromatic carbocycles. The fourth-order valence-corrected chi connectivity index (χ4v) is 2.96. The van der Waals surface area contributed by atoms with Gasteiger partial charge in [-0.3, -0.25) is 9.48 Å². The standard InChI is InChI=1S/C17H20N6O/c1-22-12-15(10-21-22)14-4-6-23(7-5-14)17(24)11-20-16-3-2-13(8-18)9-19-16/h2-3,9-10,12,14H,4-7,11H2,1H3,(H,19,20). The molecule has 7 nitrogen and oxygen atoms in total. The number of nitrogens with zero attached hydrogens (tertiary/aromatic N) is 5. The van der Waals surface area contributed by atoms with E-state index in [0.29, 0.717) is 17.3 Å². The molecule has 0 spiro atoms. The Hall–Kier alpha value is -2.88. The molecule has 3 heterocycles. The summed E-state index contributed by atoms with van der Waals surface area (Å²) in [4.78, 5) is 18.3. The predicted octanol–water partition coefficient (Wildman–Crippen LogP) is 1.50. The van der Waals surface area contributed by atoms with Crippen LogP contribution in [0.1, 0.15) is 29.9 Å². The third-order valence-electron chi connectivity index (χ3n) is 4.36. The molecule has 1 amide bonds. The normalized spacial score (nSPS) is 15.1. The number of hydrogen-bond acceptors (Lipinski definition) is 5. The first-order valence-electron chi connectivity index (χ1n) is 8.02. The Morgan fingerprint density at radius 3 is 2.75 bits per heavy atom. The number of piperidine rings is 1. The van der Waals surface area contributed by atoms with Gasteiger partial charge in [0.25, 0.3) is 0 Å². The number of nitriles is 1. The Kier molecular flexibility index (Phi) is 4.75. The van der Waals surface area contributed by atoms with E-state index in [4.69, 9.17) is 5.26 Å². The smallest absolute Gasteiger partial charge is 0.241 e. The van der Waals surface area contributed by atoms with Gasteiger partial charge in [0.2, 0.25) is 5.91 Å². The van der Waals surface area contributed by atoms with Gasteiger partial charge in [0.05, 0.1) is 18.3 Å². The number of aromatic nitrogens is 3. The number of aryl methyl sites for hydroxylation is 1. The van der Waals surface area contributed by atoms with Crippen LogP contribution in [-0.4, -0.2) is 45.2 Å². The van der Waals surface area contributed by atoms with E-state index in [1.54, 1.807) is 12.1 Å². The second-order valence-electron chi connectivity index (χ2n) is 6.00. The molecule has 1 aliphatic rings. The molecule has 1 fully saturated rings. The van der Waals surface area contributed by atoms with E-state index in [9.17, 15) is 4.79 Å². The Morgan fingerprint density at radius 1 is 1.38 bits per heavy atom. The Balaban J connectivity index is 1.47. The maximum absolute atomic E-state index is 12.3. The van der Waals surface area contributed by atoms with Crippen molar-refractivity contribution in [2.24, 2.45) is 7.05 Å². The van der Waals surface area contributed by atoms with Gasteiger partial charge in [-0.1, -0.05) is 0 Å². The number of pyridine rings is 1. The Labute approximate surface area is 140 Å². The molecule has 0 radical (unpaired) electrons. The monoisotopic (exact) mass is 324 g/mol. The number of carbonyl (C=O) groups is 1. The lowest BCUT2D eigenvalue weighted by Gasteiger charge is -2.31. The summed E-state index contributed by atoms with van der Waals surface area (Å²) in [5, 5.41) is 16.0. The van der Waals surface area contributed by atoms with E-state index in [0.717, 1.165) is 25.9 Å². The van der Waals surface area contributed by atoms with Crippen LogP contribution in [-0.2, 0) is 11.8 Å². The minimum absolute atomic E-state index is 0.0748. The highest BCUT2D eigenvalue weighted by Gasteiger charge is 2.24. The summed E-state index contributed by atoms with van der Waals surface area (Å²) in [6.07, 6.45) is 7.39. The summed E-state index contributed by atoms with van der Waals surface area (Å²) < 4.78 is 1.82. The summed E-state index contributed by atoms with van der Waals surface area (Å²) in [5.41, 5.74) is 1.76. The van der Waals surface area contributed by atoms with Crippen molar-refractivity contribution in [3.63, 3.8) is 0 Å². The van der Waals surface area contributed by atoms with Crippen molar-refractivity contribution in [2.45, 2.75) is 18.8 Å². The summed E-state index contributed by atoms with van der Waals surface area (Å²) in [5.74, 6) is 1.16. The number of likely N-dealkylation sites (tertiary alicyclic amines) is 1. The molecule has 2 aromatic rings. The number of anilines is 1. The van der Waals surface area contributed by atoms with Crippen molar-refractivity contribution in [3.05, 3.63) is 41.9 Å². The lowest BCUT2D eigenvalue weighted by molar-refractivity contribution is -0.130. The van der Waals surface area contributed by atoms with Crippen LogP contribution in [0.15, 0.2) is 30.7 Å². The zero-order valence-electron chi connectivity index (χ0n) is 13.6. The average Bonchev–Trinajstić information content (AvgIpc) is 3.06. The topological polar surface area (TPSA) is 86.8 Å². The van der Waals surface area contributed by atoms with E-state index < -0.39 is 0 Å².